The Hall–Kier alpha value is -3.19. The van der Waals surface area contributed by atoms with Gasteiger partial charge in [-0.15, -0.1) is 11.3 Å². The van der Waals surface area contributed by atoms with Gasteiger partial charge in [0.25, 0.3) is 11.8 Å². The van der Waals surface area contributed by atoms with Crippen molar-refractivity contribution in [2.75, 3.05) is 14.1 Å². The van der Waals surface area contributed by atoms with Gasteiger partial charge in [-0.25, -0.2) is 4.98 Å². The van der Waals surface area contributed by atoms with Crippen molar-refractivity contribution in [1.29, 1.82) is 0 Å². The molecule has 7 heteroatoms. The molecular formula is C21H21N3O3S. The van der Waals surface area contributed by atoms with Crippen LogP contribution in [0.1, 0.15) is 32.0 Å². The van der Waals surface area contributed by atoms with E-state index in [4.69, 9.17) is 4.74 Å². The number of amides is 2. The molecule has 6 nitrogen and oxygen atoms in total. The number of nitrogens with one attached hydrogen (secondary N) is 1. The van der Waals surface area contributed by atoms with E-state index in [0.717, 1.165) is 11.3 Å². The zero-order valence-corrected chi connectivity index (χ0v) is 16.5. The van der Waals surface area contributed by atoms with Crippen molar-refractivity contribution in [1.82, 2.24) is 15.2 Å². The molecule has 144 valence electrons. The van der Waals surface area contributed by atoms with Crippen LogP contribution in [0, 0.1) is 0 Å². The molecule has 0 bridgehead atoms. The first-order valence-corrected chi connectivity index (χ1v) is 9.67. The molecule has 28 heavy (non-hydrogen) atoms. The Morgan fingerprint density at radius 3 is 2.61 bits per heavy atom. The highest BCUT2D eigenvalue weighted by atomic mass is 32.1. The van der Waals surface area contributed by atoms with Crippen LogP contribution in [-0.2, 0) is 13.2 Å². The number of hydrogen-bond donors (Lipinski definition) is 1. The van der Waals surface area contributed by atoms with Gasteiger partial charge in [-0.1, -0.05) is 18.2 Å². The summed E-state index contributed by atoms with van der Waals surface area (Å²) in [5, 5.41) is 4.52. The van der Waals surface area contributed by atoms with Crippen LogP contribution in [-0.4, -0.2) is 35.8 Å². The molecular weight excluding hydrogens is 374 g/mol. The Morgan fingerprint density at radius 2 is 1.93 bits per heavy atom. The molecule has 0 fully saturated rings. The number of ether oxygens (including phenoxy) is 1. The van der Waals surface area contributed by atoms with Crippen molar-refractivity contribution in [3.8, 4) is 5.75 Å². The average molecular weight is 395 g/mol. The minimum atomic E-state index is -0.134. The molecule has 2 aromatic carbocycles. The van der Waals surface area contributed by atoms with Crippen LogP contribution in [0.4, 0.5) is 0 Å². The van der Waals surface area contributed by atoms with Gasteiger partial charge in [0.1, 0.15) is 12.4 Å². The SMILES string of the molecule is CNC(=O)c1ccc(CN(C)C(=O)c2cccc(OCc3cscn3)c2)cc1. The molecule has 0 aliphatic carbocycles. The summed E-state index contributed by atoms with van der Waals surface area (Å²) in [5.74, 6) is 0.391. The summed E-state index contributed by atoms with van der Waals surface area (Å²) in [6.07, 6.45) is 0. The van der Waals surface area contributed by atoms with E-state index in [9.17, 15) is 9.59 Å². The highest BCUT2D eigenvalue weighted by Gasteiger charge is 2.13. The molecule has 0 atom stereocenters. The number of carbonyl (C=O) groups excluding carboxylic acids is 2. The summed E-state index contributed by atoms with van der Waals surface area (Å²) in [5.41, 5.74) is 4.71. The van der Waals surface area contributed by atoms with Crippen molar-refractivity contribution < 1.29 is 14.3 Å². The summed E-state index contributed by atoms with van der Waals surface area (Å²) in [7, 11) is 3.34. The number of rotatable bonds is 7. The van der Waals surface area contributed by atoms with Crippen LogP contribution in [0.25, 0.3) is 0 Å². The molecule has 2 amide bonds. The molecule has 0 unspecified atom stereocenters. The largest absolute Gasteiger partial charge is 0.487 e. The second-order valence-corrected chi connectivity index (χ2v) is 6.95. The van der Waals surface area contributed by atoms with E-state index in [1.165, 1.54) is 11.3 Å². The molecule has 0 aliphatic rings. The number of nitrogens with zero attached hydrogens (tertiary/aromatic N) is 2. The maximum atomic E-state index is 12.8. The van der Waals surface area contributed by atoms with Gasteiger partial charge in [-0.3, -0.25) is 9.59 Å². The lowest BCUT2D eigenvalue weighted by Gasteiger charge is -2.18. The molecule has 1 heterocycles. The minimum Gasteiger partial charge on any atom is -0.487 e. The predicted molar refractivity (Wildman–Crippen MR) is 109 cm³/mol. The van der Waals surface area contributed by atoms with Gasteiger partial charge in [-0.2, -0.15) is 0 Å². The van der Waals surface area contributed by atoms with Gasteiger partial charge in [-0.05, 0) is 35.9 Å². The third kappa shape index (κ3) is 4.95. The van der Waals surface area contributed by atoms with E-state index >= 15 is 0 Å². The molecule has 0 spiro atoms. The van der Waals surface area contributed by atoms with E-state index < -0.39 is 0 Å². The van der Waals surface area contributed by atoms with Crippen molar-refractivity contribution in [2.24, 2.45) is 0 Å². The van der Waals surface area contributed by atoms with E-state index in [2.05, 4.69) is 10.3 Å². The van der Waals surface area contributed by atoms with Crippen LogP contribution in [0.15, 0.2) is 59.4 Å². The van der Waals surface area contributed by atoms with E-state index in [-0.39, 0.29) is 11.8 Å². The molecule has 0 radical (unpaired) electrons. The molecule has 0 aliphatic heterocycles. The predicted octanol–water partition coefficient (Wildman–Crippen LogP) is 3.35. The Morgan fingerprint density at radius 1 is 1.14 bits per heavy atom. The lowest BCUT2D eigenvalue weighted by Crippen LogP contribution is -2.26. The van der Waals surface area contributed by atoms with Gasteiger partial charge in [0.2, 0.25) is 0 Å². The van der Waals surface area contributed by atoms with E-state index in [1.54, 1.807) is 54.8 Å². The third-order valence-corrected chi connectivity index (χ3v) is 4.80. The first-order valence-electron chi connectivity index (χ1n) is 8.73. The Labute approximate surface area is 167 Å². The normalized spacial score (nSPS) is 10.4. The van der Waals surface area contributed by atoms with Crippen molar-refractivity contribution in [2.45, 2.75) is 13.2 Å². The second kappa shape index (κ2) is 9.14. The first-order chi connectivity index (χ1) is 13.6. The van der Waals surface area contributed by atoms with Gasteiger partial charge < -0.3 is 15.0 Å². The average Bonchev–Trinajstić information content (AvgIpc) is 3.25. The molecule has 1 N–H and O–H groups in total. The summed E-state index contributed by atoms with van der Waals surface area (Å²) >= 11 is 1.52. The van der Waals surface area contributed by atoms with Crippen LogP contribution >= 0.6 is 11.3 Å². The van der Waals surface area contributed by atoms with Crippen LogP contribution in [0.5, 0.6) is 5.75 Å². The quantitative estimate of drug-likeness (QED) is 0.666. The Kier molecular flexibility index (Phi) is 6.39. The molecule has 1 aromatic heterocycles. The Bertz CT molecular complexity index is 940. The fraction of sp³-hybridized carbons (Fsp3) is 0.190. The number of hydrogen-bond acceptors (Lipinski definition) is 5. The lowest BCUT2D eigenvalue weighted by atomic mass is 10.1. The molecule has 0 saturated carbocycles. The van der Waals surface area contributed by atoms with E-state index in [1.807, 2.05) is 23.6 Å². The number of thiazole rings is 1. The van der Waals surface area contributed by atoms with Gasteiger partial charge in [0.05, 0.1) is 11.2 Å². The molecule has 3 rings (SSSR count). The lowest BCUT2D eigenvalue weighted by molar-refractivity contribution is 0.0784. The summed E-state index contributed by atoms with van der Waals surface area (Å²) in [6.45, 7) is 0.811. The highest BCUT2D eigenvalue weighted by Crippen LogP contribution is 2.17. The highest BCUT2D eigenvalue weighted by molar-refractivity contribution is 7.07. The maximum absolute atomic E-state index is 12.8. The summed E-state index contributed by atoms with van der Waals surface area (Å²) in [6, 6.07) is 14.3. The smallest absolute Gasteiger partial charge is 0.254 e. The van der Waals surface area contributed by atoms with Crippen molar-refractivity contribution in [3.63, 3.8) is 0 Å². The number of benzene rings is 2. The number of carbonyl (C=O) groups is 2. The molecule has 0 saturated heterocycles. The fourth-order valence-corrected chi connectivity index (χ4v) is 3.20. The summed E-state index contributed by atoms with van der Waals surface area (Å²) in [4.78, 5) is 30.2. The molecule has 3 aromatic rings. The van der Waals surface area contributed by atoms with Gasteiger partial charge >= 0.3 is 0 Å². The van der Waals surface area contributed by atoms with Gasteiger partial charge in [0, 0.05) is 37.1 Å². The third-order valence-electron chi connectivity index (χ3n) is 4.16. The van der Waals surface area contributed by atoms with Crippen LogP contribution < -0.4 is 10.1 Å². The van der Waals surface area contributed by atoms with Crippen LogP contribution in [0.2, 0.25) is 0 Å². The van der Waals surface area contributed by atoms with Crippen LogP contribution in [0.3, 0.4) is 0 Å². The second-order valence-electron chi connectivity index (χ2n) is 6.23. The zero-order chi connectivity index (χ0) is 19.9. The summed E-state index contributed by atoms with van der Waals surface area (Å²) < 4.78 is 5.72. The van der Waals surface area contributed by atoms with Crippen molar-refractivity contribution >= 4 is 23.2 Å². The maximum Gasteiger partial charge on any atom is 0.254 e. The number of aromatic nitrogens is 1. The standard InChI is InChI=1S/C21H21N3O3S/c1-22-20(25)16-8-6-15(7-9-16)11-24(2)21(26)17-4-3-5-19(10-17)27-12-18-13-28-14-23-18/h3-10,13-14H,11-12H2,1-2H3,(H,22,25). The topological polar surface area (TPSA) is 71.5 Å². The monoisotopic (exact) mass is 395 g/mol. The van der Waals surface area contributed by atoms with Gasteiger partial charge in [0.15, 0.2) is 0 Å². The van der Waals surface area contributed by atoms with E-state index in [0.29, 0.717) is 30.0 Å². The van der Waals surface area contributed by atoms with Crippen molar-refractivity contribution in [3.05, 3.63) is 81.8 Å². The minimum absolute atomic E-state index is 0.102. The zero-order valence-electron chi connectivity index (χ0n) is 15.7. The Balaban J connectivity index is 1.62. The first kappa shape index (κ1) is 19.6. The fourth-order valence-electron chi connectivity index (χ4n) is 2.66.